The second-order valence-electron chi connectivity index (χ2n) is 5.06. The molecule has 0 fully saturated rings. The fourth-order valence-electron chi connectivity index (χ4n) is 2.10. The van der Waals surface area contributed by atoms with Crippen LogP contribution >= 0.6 is 0 Å². The predicted octanol–water partition coefficient (Wildman–Crippen LogP) is 1.35. The van der Waals surface area contributed by atoms with Crippen molar-refractivity contribution in [2.45, 2.75) is 13.5 Å². The number of nitrogens with one attached hydrogen (secondary N) is 1. The minimum absolute atomic E-state index is 0.0857. The number of amides is 2. The number of benzene rings is 1. The van der Waals surface area contributed by atoms with Gasteiger partial charge in [-0.3, -0.25) is 9.59 Å². The molecule has 0 aliphatic carbocycles. The first kappa shape index (κ1) is 16.6. The average molecular weight is 313 g/mol. The molecule has 23 heavy (non-hydrogen) atoms. The van der Waals surface area contributed by atoms with E-state index in [4.69, 9.17) is 5.11 Å². The lowest BCUT2D eigenvalue weighted by molar-refractivity contribution is -0.143. The van der Waals surface area contributed by atoms with Crippen LogP contribution in [0.3, 0.4) is 0 Å². The van der Waals surface area contributed by atoms with Crippen molar-refractivity contribution in [1.29, 1.82) is 0 Å². The Morgan fingerprint density at radius 3 is 2.57 bits per heavy atom. The smallest absolute Gasteiger partial charge is 0.315 e. The summed E-state index contributed by atoms with van der Waals surface area (Å²) in [4.78, 5) is 29.8. The summed E-state index contributed by atoms with van der Waals surface area (Å²) >= 11 is 0. The highest BCUT2D eigenvalue weighted by molar-refractivity contribution is 6.39. The summed E-state index contributed by atoms with van der Waals surface area (Å²) in [5, 5.41) is 11.7. The zero-order valence-corrected chi connectivity index (χ0v) is 12.9. The van der Waals surface area contributed by atoms with Gasteiger partial charge in [0.25, 0.3) is 0 Å². The highest BCUT2D eigenvalue weighted by atomic mass is 16.3. The number of rotatable bonds is 5. The van der Waals surface area contributed by atoms with Gasteiger partial charge in [-0.2, -0.15) is 0 Å². The Morgan fingerprint density at radius 1 is 1.17 bits per heavy atom. The third-order valence-electron chi connectivity index (χ3n) is 3.31. The third kappa shape index (κ3) is 4.62. The van der Waals surface area contributed by atoms with Gasteiger partial charge in [-0.1, -0.05) is 36.4 Å². The number of hydrogen-bond donors (Lipinski definition) is 2. The van der Waals surface area contributed by atoms with Crippen LogP contribution in [0.1, 0.15) is 11.1 Å². The van der Waals surface area contributed by atoms with E-state index in [1.54, 1.807) is 25.3 Å². The topological polar surface area (TPSA) is 82.5 Å². The standard InChI is InChI=1S/C17H19N3O3/c1-13-6-5-9-18-15(13)19-16(22)17(23)20(10-11-21)12-14-7-3-2-4-8-14/h2-9,21H,10-12H2,1H3,(H,18,19,22). The van der Waals surface area contributed by atoms with E-state index in [1.165, 1.54) is 4.90 Å². The van der Waals surface area contributed by atoms with Gasteiger partial charge >= 0.3 is 11.8 Å². The van der Waals surface area contributed by atoms with Crippen LogP contribution in [-0.4, -0.2) is 40.0 Å². The van der Waals surface area contributed by atoms with Crippen molar-refractivity contribution < 1.29 is 14.7 Å². The fourth-order valence-corrected chi connectivity index (χ4v) is 2.10. The minimum Gasteiger partial charge on any atom is -0.395 e. The molecule has 120 valence electrons. The molecule has 0 atom stereocenters. The number of aryl methyl sites for hydroxylation is 1. The Labute approximate surface area is 134 Å². The third-order valence-corrected chi connectivity index (χ3v) is 3.31. The number of aliphatic hydroxyl groups is 1. The van der Waals surface area contributed by atoms with Gasteiger partial charge in [0.15, 0.2) is 0 Å². The zero-order valence-electron chi connectivity index (χ0n) is 12.9. The lowest BCUT2D eigenvalue weighted by Gasteiger charge is -2.21. The maximum Gasteiger partial charge on any atom is 0.315 e. The molecule has 0 spiro atoms. The number of carbonyl (C=O) groups excluding carboxylic acids is 2. The maximum absolute atomic E-state index is 12.3. The summed E-state index contributed by atoms with van der Waals surface area (Å²) in [6.45, 7) is 1.92. The largest absolute Gasteiger partial charge is 0.395 e. The molecule has 1 aromatic heterocycles. The molecule has 6 nitrogen and oxygen atoms in total. The number of anilines is 1. The maximum atomic E-state index is 12.3. The molecule has 0 aliphatic rings. The molecule has 1 aromatic carbocycles. The van der Waals surface area contributed by atoms with E-state index in [0.717, 1.165) is 11.1 Å². The molecule has 6 heteroatoms. The Hall–Kier alpha value is -2.73. The van der Waals surface area contributed by atoms with Gasteiger partial charge < -0.3 is 15.3 Å². The van der Waals surface area contributed by atoms with Gasteiger partial charge in [-0.05, 0) is 24.1 Å². The van der Waals surface area contributed by atoms with E-state index in [2.05, 4.69) is 10.3 Å². The van der Waals surface area contributed by atoms with E-state index >= 15 is 0 Å². The SMILES string of the molecule is Cc1cccnc1NC(=O)C(=O)N(CCO)Cc1ccccc1. The van der Waals surface area contributed by atoms with Crippen molar-refractivity contribution >= 4 is 17.6 Å². The molecular weight excluding hydrogens is 294 g/mol. The summed E-state index contributed by atoms with van der Waals surface area (Å²) in [5.74, 6) is -1.11. The van der Waals surface area contributed by atoms with E-state index in [9.17, 15) is 9.59 Å². The van der Waals surface area contributed by atoms with Gasteiger partial charge in [0.2, 0.25) is 0 Å². The molecule has 0 unspecified atom stereocenters. The number of aromatic nitrogens is 1. The Kier molecular flexibility index (Phi) is 5.82. The van der Waals surface area contributed by atoms with E-state index in [-0.39, 0.29) is 19.7 Å². The van der Waals surface area contributed by atoms with Crippen molar-refractivity contribution in [3.05, 3.63) is 59.8 Å². The van der Waals surface area contributed by atoms with Gasteiger partial charge in [0.05, 0.1) is 6.61 Å². The average Bonchev–Trinajstić information content (AvgIpc) is 2.57. The molecule has 2 rings (SSSR count). The highest BCUT2D eigenvalue weighted by Crippen LogP contribution is 2.10. The van der Waals surface area contributed by atoms with Crippen molar-refractivity contribution in [3.63, 3.8) is 0 Å². The number of aliphatic hydroxyl groups excluding tert-OH is 1. The first-order chi connectivity index (χ1) is 11.1. The second kappa shape index (κ2) is 8.05. The van der Waals surface area contributed by atoms with E-state index in [0.29, 0.717) is 5.82 Å². The Balaban J connectivity index is 2.08. The van der Waals surface area contributed by atoms with Crippen LogP contribution in [0, 0.1) is 6.92 Å². The lowest BCUT2D eigenvalue weighted by atomic mass is 10.2. The monoisotopic (exact) mass is 313 g/mol. The molecule has 0 bridgehead atoms. The van der Waals surface area contributed by atoms with Crippen LogP contribution in [0.25, 0.3) is 0 Å². The number of hydrogen-bond acceptors (Lipinski definition) is 4. The predicted molar refractivity (Wildman–Crippen MR) is 86.5 cm³/mol. The number of carbonyl (C=O) groups is 2. The van der Waals surface area contributed by atoms with Crippen LogP contribution in [0.4, 0.5) is 5.82 Å². The van der Waals surface area contributed by atoms with Gasteiger partial charge in [-0.15, -0.1) is 0 Å². The van der Waals surface area contributed by atoms with Crippen molar-refractivity contribution in [3.8, 4) is 0 Å². The molecular formula is C17H19N3O3. The van der Waals surface area contributed by atoms with E-state index < -0.39 is 11.8 Å². The first-order valence-electron chi connectivity index (χ1n) is 7.28. The lowest BCUT2D eigenvalue weighted by Crippen LogP contribution is -2.41. The van der Waals surface area contributed by atoms with Crippen LogP contribution in [0.5, 0.6) is 0 Å². The first-order valence-corrected chi connectivity index (χ1v) is 7.28. The summed E-state index contributed by atoms with van der Waals surface area (Å²) < 4.78 is 0. The molecule has 0 radical (unpaired) electrons. The molecule has 0 saturated heterocycles. The summed E-state index contributed by atoms with van der Waals surface area (Å²) in [7, 11) is 0. The van der Waals surface area contributed by atoms with Crippen LogP contribution < -0.4 is 5.32 Å². The Bertz CT molecular complexity index is 674. The van der Waals surface area contributed by atoms with E-state index in [1.807, 2.05) is 30.3 Å². The normalized spacial score (nSPS) is 10.2. The summed E-state index contributed by atoms with van der Waals surface area (Å²) in [5.41, 5.74) is 1.65. The van der Waals surface area contributed by atoms with Crippen LogP contribution in [0.2, 0.25) is 0 Å². The second-order valence-corrected chi connectivity index (χ2v) is 5.06. The zero-order chi connectivity index (χ0) is 16.7. The molecule has 2 N–H and O–H groups in total. The van der Waals surface area contributed by atoms with Crippen molar-refractivity contribution in [2.24, 2.45) is 0 Å². The van der Waals surface area contributed by atoms with Gasteiger partial charge in [-0.25, -0.2) is 4.98 Å². The molecule has 2 aromatic rings. The molecule has 0 saturated carbocycles. The van der Waals surface area contributed by atoms with Crippen LogP contribution in [0.15, 0.2) is 48.7 Å². The molecule has 1 heterocycles. The van der Waals surface area contributed by atoms with Crippen LogP contribution in [-0.2, 0) is 16.1 Å². The fraction of sp³-hybridized carbons (Fsp3) is 0.235. The molecule has 0 aliphatic heterocycles. The quantitative estimate of drug-likeness (QED) is 0.816. The van der Waals surface area contributed by atoms with Gasteiger partial charge in [0, 0.05) is 19.3 Å². The van der Waals surface area contributed by atoms with Gasteiger partial charge in [0.1, 0.15) is 5.82 Å². The Morgan fingerprint density at radius 2 is 1.91 bits per heavy atom. The van der Waals surface area contributed by atoms with Crippen molar-refractivity contribution in [2.75, 3.05) is 18.5 Å². The summed E-state index contributed by atoms with van der Waals surface area (Å²) in [6.07, 6.45) is 1.54. The number of pyridine rings is 1. The minimum atomic E-state index is -0.767. The number of nitrogens with zero attached hydrogens (tertiary/aromatic N) is 2. The van der Waals surface area contributed by atoms with Crippen molar-refractivity contribution in [1.82, 2.24) is 9.88 Å². The summed E-state index contributed by atoms with van der Waals surface area (Å²) in [6, 6.07) is 12.8. The highest BCUT2D eigenvalue weighted by Gasteiger charge is 2.22. The molecule has 2 amide bonds.